The van der Waals surface area contributed by atoms with Gasteiger partial charge in [-0.15, -0.1) is 0 Å². The Hall–Kier alpha value is -2.71. The van der Waals surface area contributed by atoms with Crippen molar-refractivity contribution >= 4 is 22.9 Å². The Morgan fingerprint density at radius 1 is 1.26 bits per heavy atom. The lowest BCUT2D eigenvalue weighted by molar-refractivity contribution is -0.139. The predicted molar refractivity (Wildman–Crippen MR) is 76.0 cm³/mol. The number of carboxylic acids is 1. The van der Waals surface area contributed by atoms with Crippen molar-refractivity contribution in [2.75, 3.05) is 6.54 Å². The zero-order valence-electron chi connectivity index (χ0n) is 11.8. The number of hydrogen-bond donors (Lipinski definition) is 4. The number of halogens is 3. The van der Waals surface area contributed by atoms with E-state index in [2.05, 4.69) is 4.98 Å². The number of aromatic amines is 1. The summed E-state index contributed by atoms with van der Waals surface area (Å²) in [6.45, 7) is -1.53. The molecule has 0 aliphatic heterocycles. The van der Waals surface area contributed by atoms with Gasteiger partial charge in [0.15, 0.2) is 0 Å². The standard InChI is InChI=1S/C14H14F3N3O3/c15-14(16,17)7-19-13(23)20-11(12(21)22)5-8-6-18-10-4-2-1-3-9(8)10/h1-4,6,11,18H,5,7H2,(H,21,22)(H2,19,20,23)/t11-/m0/s1. The smallest absolute Gasteiger partial charge is 0.405 e. The highest BCUT2D eigenvalue weighted by Crippen LogP contribution is 2.19. The molecule has 9 heteroatoms. The SMILES string of the molecule is O=C(NCC(F)(F)F)N[C@@H](Cc1c[nH]c2ccccc12)C(=O)O. The Bertz CT molecular complexity index is 712. The second kappa shape index (κ2) is 6.59. The summed E-state index contributed by atoms with van der Waals surface area (Å²) >= 11 is 0. The van der Waals surface area contributed by atoms with Crippen LogP contribution in [0.1, 0.15) is 5.56 Å². The van der Waals surface area contributed by atoms with Crippen molar-refractivity contribution in [2.45, 2.75) is 18.6 Å². The average molecular weight is 329 g/mol. The van der Waals surface area contributed by atoms with Crippen LogP contribution in [0.15, 0.2) is 30.5 Å². The summed E-state index contributed by atoms with van der Waals surface area (Å²) in [6, 6.07) is 4.64. The Labute approximate surface area is 128 Å². The molecule has 2 rings (SSSR count). The van der Waals surface area contributed by atoms with E-state index in [-0.39, 0.29) is 6.42 Å². The van der Waals surface area contributed by atoms with Gasteiger partial charge >= 0.3 is 18.2 Å². The molecule has 124 valence electrons. The maximum Gasteiger partial charge on any atom is 0.405 e. The maximum atomic E-state index is 12.0. The van der Waals surface area contributed by atoms with Gasteiger partial charge in [-0.05, 0) is 11.6 Å². The van der Waals surface area contributed by atoms with Crippen molar-refractivity contribution in [2.24, 2.45) is 0 Å². The highest BCUT2D eigenvalue weighted by molar-refractivity contribution is 5.86. The summed E-state index contributed by atoms with van der Waals surface area (Å²) in [5.41, 5.74) is 1.44. The molecule has 1 aromatic carbocycles. The zero-order valence-corrected chi connectivity index (χ0v) is 11.8. The third kappa shape index (κ3) is 4.63. The van der Waals surface area contributed by atoms with Crippen molar-refractivity contribution < 1.29 is 27.9 Å². The van der Waals surface area contributed by atoms with Gasteiger partial charge in [0.05, 0.1) is 0 Å². The van der Waals surface area contributed by atoms with Crippen LogP contribution in [0, 0.1) is 0 Å². The van der Waals surface area contributed by atoms with E-state index < -0.39 is 30.8 Å². The topological polar surface area (TPSA) is 94.2 Å². The van der Waals surface area contributed by atoms with Crippen molar-refractivity contribution in [1.29, 1.82) is 0 Å². The molecular weight excluding hydrogens is 315 g/mol. The van der Waals surface area contributed by atoms with E-state index in [1.807, 2.05) is 5.32 Å². The molecule has 0 saturated carbocycles. The zero-order chi connectivity index (χ0) is 17.0. The van der Waals surface area contributed by atoms with Gasteiger partial charge in [-0.3, -0.25) is 0 Å². The number of carbonyl (C=O) groups is 2. The van der Waals surface area contributed by atoms with Gasteiger partial charge in [0.25, 0.3) is 0 Å². The second-order valence-corrected chi connectivity index (χ2v) is 4.90. The normalized spacial score (nSPS) is 12.8. The van der Waals surface area contributed by atoms with Gasteiger partial charge in [-0.1, -0.05) is 18.2 Å². The quantitative estimate of drug-likeness (QED) is 0.676. The van der Waals surface area contributed by atoms with Crippen LogP contribution in [-0.4, -0.2) is 40.9 Å². The van der Waals surface area contributed by atoms with Crippen LogP contribution in [-0.2, 0) is 11.2 Å². The molecule has 0 aliphatic carbocycles. The van der Waals surface area contributed by atoms with Gasteiger partial charge in [0, 0.05) is 23.5 Å². The number of H-pyrrole nitrogens is 1. The molecule has 23 heavy (non-hydrogen) atoms. The first-order valence-electron chi connectivity index (χ1n) is 6.65. The number of alkyl halides is 3. The summed E-state index contributed by atoms with van der Waals surface area (Å²) in [7, 11) is 0. The lowest BCUT2D eigenvalue weighted by Gasteiger charge is -2.15. The number of carbonyl (C=O) groups excluding carboxylic acids is 1. The average Bonchev–Trinajstić information content (AvgIpc) is 2.87. The largest absolute Gasteiger partial charge is 0.480 e. The molecule has 4 N–H and O–H groups in total. The summed E-state index contributed by atoms with van der Waals surface area (Å²) < 4.78 is 36.1. The highest BCUT2D eigenvalue weighted by Gasteiger charge is 2.29. The molecule has 0 radical (unpaired) electrons. The van der Waals surface area contributed by atoms with E-state index in [0.717, 1.165) is 10.9 Å². The van der Waals surface area contributed by atoms with Gasteiger partial charge in [0.1, 0.15) is 12.6 Å². The van der Waals surface area contributed by atoms with Crippen LogP contribution < -0.4 is 10.6 Å². The summed E-state index contributed by atoms with van der Waals surface area (Å²) in [4.78, 5) is 25.6. The van der Waals surface area contributed by atoms with Crippen molar-refractivity contribution in [3.63, 3.8) is 0 Å². The summed E-state index contributed by atoms with van der Waals surface area (Å²) in [6.07, 6.45) is -3.01. The molecule has 0 spiro atoms. The number of amides is 2. The number of hydrogen-bond acceptors (Lipinski definition) is 2. The number of fused-ring (bicyclic) bond motifs is 1. The van der Waals surface area contributed by atoms with Gasteiger partial charge in [0.2, 0.25) is 0 Å². The van der Waals surface area contributed by atoms with E-state index in [1.54, 1.807) is 35.8 Å². The van der Waals surface area contributed by atoms with E-state index in [1.165, 1.54) is 0 Å². The van der Waals surface area contributed by atoms with Crippen molar-refractivity contribution in [3.8, 4) is 0 Å². The highest BCUT2D eigenvalue weighted by atomic mass is 19.4. The molecule has 1 heterocycles. The summed E-state index contributed by atoms with van der Waals surface area (Å²) in [5.74, 6) is -1.34. The minimum Gasteiger partial charge on any atom is -0.480 e. The lowest BCUT2D eigenvalue weighted by Crippen LogP contribution is -2.49. The molecule has 0 bridgehead atoms. The Morgan fingerprint density at radius 2 is 1.96 bits per heavy atom. The predicted octanol–water partition coefficient (Wildman–Crippen LogP) is 2.03. The summed E-state index contributed by atoms with van der Waals surface area (Å²) in [5, 5.41) is 13.5. The number of rotatable bonds is 5. The van der Waals surface area contributed by atoms with Crippen LogP contribution >= 0.6 is 0 Å². The molecule has 1 atom stereocenters. The monoisotopic (exact) mass is 329 g/mol. The number of aliphatic carboxylic acids is 1. The maximum absolute atomic E-state index is 12.0. The number of carboxylic acid groups (broad SMARTS) is 1. The number of para-hydroxylation sites is 1. The number of benzene rings is 1. The van der Waals surface area contributed by atoms with Gasteiger partial charge in [-0.25, -0.2) is 9.59 Å². The van der Waals surface area contributed by atoms with Crippen molar-refractivity contribution in [1.82, 2.24) is 15.6 Å². The molecule has 0 saturated heterocycles. The van der Waals surface area contributed by atoms with Crippen LogP contribution in [0.25, 0.3) is 10.9 Å². The van der Waals surface area contributed by atoms with Crippen LogP contribution in [0.5, 0.6) is 0 Å². The van der Waals surface area contributed by atoms with Gasteiger partial charge < -0.3 is 20.7 Å². The number of aromatic nitrogens is 1. The fourth-order valence-corrected chi connectivity index (χ4v) is 2.11. The number of nitrogens with one attached hydrogen (secondary N) is 3. The minimum absolute atomic E-state index is 0.0568. The third-order valence-electron chi connectivity index (χ3n) is 3.15. The Morgan fingerprint density at radius 3 is 2.61 bits per heavy atom. The van der Waals surface area contributed by atoms with E-state index in [9.17, 15) is 22.8 Å². The van der Waals surface area contributed by atoms with Gasteiger partial charge in [-0.2, -0.15) is 13.2 Å². The third-order valence-corrected chi connectivity index (χ3v) is 3.15. The number of urea groups is 1. The Kier molecular flexibility index (Phi) is 4.77. The van der Waals surface area contributed by atoms with E-state index in [4.69, 9.17) is 5.11 Å². The fraction of sp³-hybridized carbons (Fsp3) is 0.286. The molecule has 0 aliphatic rings. The molecule has 2 aromatic rings. The van der Waals surface area contributed by atoms with E-state index in [0.29, 0.717) is 5.56 Å². The van der Waals surface area contributed by atoms with Crippen LogP contribution in [0.4, 0.5) is 18.0 Å². The first-order valence-corrected chi connectivity index (χ1v) is 6.65. The second-order valence-electron chi connectivity index (χ2n) is 4.90. The molecule has 6 nitrogen and oxygen atoms in total. The van der Waals surface area contributed by atoms with E-state index >= 15 is 0 Å². The van der Waals surface area contributed by atoms with Crippen molar-refractivity contribution in [3.05, 3.63) is 36.0 Å². The minimum atomic E-state index is -4.56. The molecule has 0 fully saturated rings. The first-order chi connectivity index (χ1) is 10.8. The lowest BCUT2D eigenvalue weighted by atomic mass is 10.1. The fourth-order valence-electron chi connectivity index (χ4n) is 2.11. The molecule has 1 aromatic heterocycles. The molecule has 2 amide bonds. The van der Waals surface area contributed by atoms with Crippen LogP contribution in [0.3, 0.4) is 0 Å². The molecular formula is C14H14F3N3O3. The Balaban J connectivity index is 2.04. The molecule has 0 unspecified atom stereocenters. The van der Waals surface area contributed by atoms with Crippen LogP contribution in [0.2, 0.25) is 0 Å². The first kappa shape index (κ1) is 16.7.